The molecular formula is C15H24ClN3. The van der Waals surface area contributed by atoms with Gasteiger partial charge < -0.3 is 10.2 Å². The quantitative estimate of drug-likeness (QED) is 0.899. The standard InChI is InChI=1S/C15H23N3.ClH/c1-4-10-18(11-15-16-8-9-17-15)14-7-5-6-12(2)13(14)3;/h5-7H,4,8-11H2,1-3H3,(H,16,17);1H. The molecule has 0 amide bonds. The fraction of sp³-hybridized carbons (Fsp3) is 0.533. The van der Waals surface area contributed by atoms with Crippen molar-refractivity contribution in [3.8, 4) is 0 Å². The molecule has 0 bridgehead atoms. The highest BCUT2D eigenvalue weighted by Crippen LogP contribution is 2.22. The third-order valence-corrected chi connectivity index (χ3v) is 3.49. The second-order valence-electron chi connectivity index (χ2n) is 4.90. The van der Waals surface area contributed by atoms with Gasteiger partial charge in [0.05, 0.1) is 13.1 Å². The molecule has 2 rings (SSSR count). The highest BCUT2D eigenvalue weighted by Gasteiger charge is 2.14. The van der Waals surface area contributed by atoms with Gasteiger partial charge in [0.25, 0.3) is 0 Å². The van der Waals surface area contributed by atoms with Crippen molar-refractivity contribution in [2.75, 3.05) is 31.1 Å². The van der Waals surface area contributed by atoms with Gasteiger partial charge in [-0.1, -0.05) is 19.1 Å². The van der Waals surface area contributed by atoms with Crippen LogP contribution in [-0.4, -0.2) is 32.0 Å². The van der Waals surface area contributed by atoms with Crippen molar-refractivity contribution in [1.29, 1.82) is 0 Å². The summed E-state index contributed by atoms with van der Waals surface area (Å²) >= 11 is 0. The molecule has 1 aromatic rings. The van der Waals surface area contributed by atoms with Crippen LogP contribution >= 0.6 is 12.4 Å². The number of anilines is 1. The van der Waals surface area contributed by atoms with E-state index < -0.39 is 0 Å². The number of rotatable bonds is 5. The van der Waals surface area contributed by atoms with E-state index in [-0.39, 0.29) is 12.4 Å². The van der Waals surface area contributed by atoms with E-state index in [0.29, 0.717) is 0 Å². The van der Waals surface area contributed by atoms with Gasteiger partial charge in [0.2, 0.25) is 0 Å². The van der Waals surface area contributed by atoms with Crippen LogP contribution in [-0.2, 0) is 0 Å². The molecule has 1 aliphatic heterocycles. The summed E-state index contributed by atoms with van der Waals surface area (Å²) < 4.78 is 0. The van der Waals surface area contributed by atoms with Crippen LogP contribution < -0.4 is 10.2 Å². The first-order valence-corrected chi connectivity index (χ1v) is 6.80. The van der Waals surface area contributed by atoms with Gasteiger partial charge in [-0.05, 0) is 37.5 Å². The Bertz CT molecular complexity index is 443. The van der Waals surface area contributed by atoms with E-state index in [1.54, 1.807) is 0 Å². The largest absolute Gasteiger partial charge is 0.370 e. The first-order valence-electron chi connectivity index (χ1n) is 6.80. The van der Waals surface area contributed by atoms with Gasteiger partial charge in [-0.2, -0.15) is 0 Å². The van der Waals surface area contributed by atoms with Crippen LogP contribution in [0.4, 0.5) is 5.69 Å². The van der Waals surface area contributed by atoms with E-state index in [0.717, 1.165) is 38.4 Å². The lowest BCUT2D eigenvalue weighted by atomic mass is 10.1. The SMILES string of the molecule is CCCN(CC1=NCCN1)c1cccc(C)c1C.Cl. The number of hydrogen-bond acceptors (Lipinski definition) is 3. The summed E-state index contributed by atoms with van der Waals surface area (Å²) in [5, 5.41) is 3.36. The fourth-order valence-corrected chi connectivity index (χ4v) is 2.37. The highest BCUT2D eigenvalue weighted by molar-refractivity contribution is 5.88. The van der Waals surface area contributed by atoms with Crippen molar-refractivity contribution in [2.45, 2.75) is 27.2 Å². The van der Waals surface area contributed by atoms with Gasteiger partial charge in [0.15, 0.2) is 0 Å². The third-order valence-electron chi connectivity index (χ3n) is 3.49. The summed E-state index contributed by atoms with van der Waals surface area (Å²) in [6.45, 7) is 10.5. The van der Waals surface area contributed by atoms with Crippen molar-refractivity contribution >= 4 is 23.9 Å². The Morgan fingerprint density at radius 3 is 2.74 bits per heavy atom. The average Bonchev–Trinajstić information content (AvgIpc) is 2.85. The summed E-state index contributed by atoms with van der Waals surface area (Å²) in [6.07, 6.45) is 1.15. The number of hydrogen-bond donors (Lipinski definition) is 1. The summed E-state index contributed by atoms with van der Waals surface area (Å²) in [5.74, 6) is 1.13. The normalized spacial score (nSPS) is 13.5. The minimum Gasteiger partial charge on any atom is -0.370 e. The Labute approximate surface area is 122 Å². The number of aryl methyl sites for hydroxylation is 1. The number of benzene rings is 1. The van der Waals surface area contributed by atoms with E-state index in [4.69, 9.17) is 0 Å². The summed E-state index contributed by atoms with van der Waals surface area (Å²) in [7, 11) is 0. The Morgan fingerprint density at radius 1 is 1.32 bits per heavy atom. The topological polar surface area (TPSA) is 27.6 Å². The molecule has 1 aliphatic rings. The van der Waals surface area contributed by atoms with Crippen LogP contribution in [0.2, 0.25) is 0 Å². The van der Waals surface area contributed by atoms with Crippen LogP contribution in [0.3, 0.4) is 0 Å². The smallest absolute Gasteiger partial charge is 0.116 e. The molecule has 0 atom stereocenters. The number of amidine groups is 1. The van der Waals surface area contributed by atoms with E-state index >= 15 is 0 Å². The van der Waals surface area contributed by atoms with Crippen molar-refractivity contribution < 1.29 is 0 Å². The minimum atomic E-state index is 0. The lowest BCUT2D eigenvalue weighted by Gasteiger charge is -2.26. The molecule has 0 fully saturated rings. The molecule has 4 heteroatoms. The molecule has 0 unspecified atom stereocenters. The molecular weight excluding hydrogens is 258 g/mol. The molecule has 3 nitrogen and oxygen atoms in total. The Morgan fingerprint density at radius 2 is 2.11 bits per heavy atom. The van der Waals surface area contributed by atoms with Gasteiger partial charge in [-0.25, -0.2) is 0 Å². The minimum absolute atomic E-state index is 0. The molecule has 0 radical (unpaired) electrons. The van der Waals surface area contributed by atoms with E-state index in [1.807, 2.05) is 0 Å². The van der Waals surface area contributed by atoms with Crippen LogP contribution in [0, 0.1) is 13.8 Å². The Balaban J connectivity index is 0.00000180. The van der Waals surface area contributed by atoms with Gasteiger partial charge in [-0.15, -0.1) is 12.4 Å². The number of halogens is 1. The molecule has 1 heterocycles. The third kappa shape index (κ3) is 3.87. The highest BCUT2D eigenvalue weighted by atomic mass is 35.5. The molecule has 0 saturated heterocycles. The van der Waals surface area contributed by atoms with E-state index in [9.17, 15) is 0 Å². The van der Waals surface area contributed by atoms with Gasteiger partial charge >= 0.3 is 0 Å². The zero-order valence-electron chi connectivity index (χ0n) is 12.1. The predicted molar refractivity (Wildman–Crippen MR) is 86.0 cm³/mol. The second kappa shape index (κ2) is 7.39. The monoisotopic (exact) mass is 281 g/mol. The van der Waals surface area contributed by atoms with Crippen LogP contribution in [0.25, 0.3) is 0 Å². The van der Waals surface area contributed by atoms with Crippen molar-refractivity contribution in [2.24, 2.45) is 4.99 Å². The molecule has 0 spiro atoms. The maximum absolute atomic E-state index is 4.50. The Hall–Kier alpha value is -1.22. The maximum Gasteiger partial charge on any atom is 0.116 e. The van der Waals surface area contributed by atoms with Crippen LogP contribution in [0.5, 0.6) is 0 Å². The van der Waals surface area contributed by atoms with Crippen molar-refractivity contribution in [3.05, 3.63) is 29.3 Å². The second-order valence-corrected chi connectivity index (χ2v) is 4.90. The van der Waals surface area contributed by atoms with Crippen LogP contribution in [0.1, 0.15) is 24.5 Å². The molecule has 19 heavy (non-hydrogen) atoms. The number of nitrogens with one attached hydrogen (secondary N) is 1. The summed E-state index contributed by atoms with van der Waals surface area (Å²) in [6, 6.07) is 6.53. The first-order chi connectivity index (χ1) is 8.72. The van der Waals surface area contributed by atoms with E-state index in [1.165, 1.54) is 16.8 Å². The Kier molecular flexibility index (Phi) is 6.16. The summed E-state index contributed by atoms with van der Waals surface area (Å²) in [4.78, 5) is 6.93. The molecule has 1 aromatic carbocycles. The van der Waals surface area contributed by atoms with Crippen molar-refractivity contribution in [3.63, 3.8) is 0 Å². The van der Waals surface area contributed by atoms with Gasteiger partial charge in [-0.3, -0.25) is 4.99 Å². The molecule has 1 N–H and O–H groups in total. The molecule has 0 aliphatic carbocycles. The average molecular weight is 282 g/mol. The lowest BCUT2D eigenvalue weighted by molar-refractivity contribution is 0.815. The first kappa shape index (κ1) is 15.8. The predicted octanol–water partition coefficient (Wildman–Crippen LogP) is 2.94. The van der Waals surface area contributed by atoms with Crippen molar-refractivity contribution in [1.82, 2.24) is 5.32 Å². The molecule has 0 aromatic heterocycles. The van der Waals surface area contributed by atoms with Gasteiger partial charge in [0, 0.05) is 18.8 Å². The fourth-order valence-electron chi connectivity index (χ4n) is 2.37. The summed E-state index contributed by atoms with van der Waals surface area (Å²) in [5.41, 5.74) is 4.08. The number of aliphatic imine (C=N–C) groups is 1. The zero-order chi connectivity index (χ0) is 13.0. The van der Waals surface area contributed by atoms with Gasteiger partial charge in [0.1, 0.15) is 5.84 Å². The van der Waals surface area contributed by atoms with Crippen LogP contribution in [0.15, 0.2) is 23.2 Å². The maximum atomic E-state index is 4.50. The lowest BCUT2D eigenvalue weighted by Crippen LogP contribution is -2.36. The van der Waals surface area contributed by atoms with E-state index in [2.05, 4.69) is 54.2 Å². The molecule has 0 saturated carbocycles. The number of nitrogens with zero attached hydrogens (tertiary/aromatic N) is 2. The molecule has 106 valence electrons. The zero-order valence-corrected chi connectivity index (χ0v) is 12.9.